The summed E-state index contributed by atoms with van der Waals surface area (Å²) in [5.41, 5.74) is 1.50. The van der Waals surface area contributed by atoms with E-state index < -0.39 is 35.4 Å². The van der Waals surface area contributed by atoms with Gasteiger partial charge in [0.1, 0.15) is 6.61 Å². The number of allylic oxidation sites excluding steroid dienone is 4. The molecule has 6 fully saturated rings. The average molecular weight is 792 g/mol. The Hall–Kier alpha value is -3.48. The van der Waals surface area contributed by atoms with Crippen molar-refractivity contribution in [3.63, 3.8) is 0 Å². The Morgan fingerprint density at radius 1 is 1.09 bits per heavy atom. The molecule has 0 saturated heterocycles. The summed E-state index contributed by atoms with van der Waals surface area (Å²) < 4.78 is 0. The molecule has 8 rings (SSSR count). The van der Waals surface area contributed by atoms with E-state index in [1.165, 1.54) is 5.56 Å². The van der Waals surface area contributed by atoms with Crippen LogP contribution in [0.2, 0.25) is 0 Å². The summed E-state index contributed by atoms with van der Waals surface area (Å²) in [5.74, 6) is -1.05. The van der Waals surface area contributed by atoms with Gasteiger partial charge in [0.25, 0.3) is 11.8 Å². The fraction of sp³-hybridized carbons (Fsp3) is 0.610. The molecule has 53 heavy (non-hydrogen) atoms. The zero-order valence-corrected chi connectivity index (χ0v) is 32.4. The smallest absolute Gasteiger partial charge is 0.265 e. The highest BCUT2D eigenvalue weighted by atomic mass is 79.9. The molecule has 4 N–H and O–H groups in total. The predicted octanol–water partition coefficient (Wildman–Crippen LogP) is 3.64. The lowest BCUT2D eigenvalue weighted by Crippen LogP contribution is -2.75. The van der Waals surface area contributed by atoms with Gasteiger partial charge in [-0.3, -0.25) is 24.0 Å². The lowest BCUT2D eigenvalue weighted by Gasteiger charge is -2.71. The molecule has 0 aromatic heterocycles. The van der Waals surface area contributed by atoms with Crippen LogP contribution < -0.4 is 15.5 Å². The minimum absolute atomic E-state index is 0.0128. The maximum Gasteiger partial charge on any atom is 0.265 e. The Balaban J connectivity index is 0.976. The Labute approximate surface area is 319 Å². The number of nitrogens with one attached hydrogen (secondary N) is 2. The van der Waals surface area contributed by atoms with Crippen LogP contribution in [0.3, 0.4) is 0 Å². The molecule has 12 heteroatoms. The number of amides is 3. The quantitative estimate of drug-likeness (QED) is 0.184. The number of fused-ring (bicyclic) bond motifs is 5. The lowest BCUT2D eigenvalue weighted by atomic mass is 9.38. The van der Waals surface area contributed by atoms with E-state index in [1.54, 1.807) is 12.2 Å². The topological polar surface area (TPSA) is 165 Å². The molecule has 7 aliphatic carbocycles. The zero-order chi connectivity index (χ0) is 38.0. The van der Waals surface area contributed by atoms with Gasteiger partial charge < -0.3 is 25.7 Å². The van der Waals surface area contributed by atoms with Crippen LogP contribution in [-0.2, 0) is 30.4 Å². The second-order valence-electron chi connectivity index (χ2n) is 17.5. The largest absolute Gasteiger partial charge is 0.393 e. The number of halogens is 1. The SMILES string of the molecule is CN(CC1(C(=O)CO)CCC2C3CCC4=CC(=O)C=CC4(C)C3C(O)CC21C)c1ccc(CC23CC(NC(=O)C=NC(=O)CNC(=O)CBr)(C2)C3)cc1. The van der Waals surface area contributed by atoms with E-state index in [4.69, 9.17) is 0 Å². The lowest BCUT2D eigenvalue weighted by molar-refractivity contribution is -0.161. The van der Waals surface area contributed by atoms with Crippen molar-refractivity contribution in [1.29, 1.82) is 0 Å². The van der Waals surface area contributed by atoms with E-state index in [2.05, 4.69) is 74.6 Å². The molecule has 7 atom stereocenters. The third kappa shape index (κ3) is 6.36. The van der Waals surface area contributed by atoms with Crippen LogP contribution in [-0.4, -0.2) is 89.4 Å². The number of hydrogen-bond acceptors (Lipinski definition) is 8. The van der Waals surface area contributed by atoms with Crippen LogP contribution in [0.15, 0.2) is 53.1 Å². The zero-order valence-electron chi connectivity index (χ0n) is 30.8. The summed E-state index contributed by atoms with van der Waals surface area (Å²) in [7, 11) is 2.01. The highest BCUT2D eigenvalue weighted by Crippen LogP contribution is 2.70. The highest BCUT2D eigenvalue weighted by Gasteiger charge is 2.69. The number of aliphatic hydroxyl groups is 2. The second-order valence-corrected chi connectivity index (χ2v) is 18.0. The van der Waals surface area contributed by atoms with E-state index >= 15 is 0 Å². The number of nitrogens with zero attached hydrogens (tertiary/aromatic N) is 2. The monoisotopic (exact) mass is 790 g/mol. The highest BCUT2D eigenvalue weighted by molar-refractivity contribution is 9.09. The summed E-state index contributed by atoms with van der Waals surface area (Å²) in [6, 6.07) is 8.46. The Morgan fingerprint density at radius 3 is 2.49 bits per heavy atom. The first kappa shape index (κ1) is 37.8. The standard InChI is InChI=1S/C41H51BrN4O7/c1-37-12-10-28(48)14-26(37)6-9-29-30-11-13-41(32(50)20-47,38(30,2)16-31(49)36(29)37)24-46(3)27-7-4-25(5-8-27)15-39-21-40(22-39,23-39)45-35(53)19-44-34(52)18-43-33(51)17-42/h4-5,7-8,10,12,14,19,29-31,36,47,49H,6,9,11,13,15-18,20-24H2,1-3H3,(H,43,51)(H,45,53). The van der Waals surface area contributed by atoms with Gasteiger partial charge in [0.05, 0.1) is 29.6 Å². The number of Topliss-reactive ketones (excluding diaryl/α,β-unsaturated/α-hetero) is 1. The van der Waals surface area contributed by atoms with Gasteiger partial charge in [-0.25, -0.2) is 4.99 Å². The molecule has 3 amide bonds. The van der Waals surface area contributed by atoms with Crippen molar-refractivity contribution in [2.24, 2.45) is 44.4 Å². The van der Waals surface area contributed by atoms with Gasteiger partial charge in [-0.2, -0.15) is 0 Å². The normalized spacial score (nSPS) is 37.7. The summed E-state index contributed by atoms with van der Waals surface area (Å²) in [5, 5.41) is 27.8. The predicted molar refractivity (Wildman–Crippen MR) is 203 cm³/mol. The molecule has 6 saturated carbocycles. The molecule has 7 aliphatic rings. The third-order valence-corrected chi connectivity index (χ3v) is 14.9. The third-order valence-electron chi connectivity index (χ3n) is 14.4. The fourth-order valence-electron chi connectivity index (χ4n) is 12.2. The summed E-state index contributed by atoms with van der Waals surface area (Å²) in [4.78, 5) is 67.5. The van der Waals surface area contributed by atoms with Gasteiger partial charge >= 0.3 is 0 Å². The van der Waals surface area contributed by atoms with Crippen LogP contribution in [0.1, 0.15) is 70.8 Å². The summed E-state index contributed by atoms with van der Waals surface area (Å²) in [6.45, 7) is 4.01. The molecule has 7 unspecified atom stereocenters. The number of ketones is 2. The van der Waals surface area contributed by atoms with Crippen LogP contribution >= 0.6 is 15.9 Å². The number of aliphatic hydroxyl groups excluding tert-OH is 2. The molecule has 1 aromatic rings. The maximum atomic E-state index is 14.0. The van der Waals surface area contributed by atoms with Gasteiger partial charge in [0.15, 0.2) is 11.6 Å². The van der Waals surface area contributed by atoms with Gasteiger partial charge in [0, 0.05) is 36.2 Å². The van der Waals surface area contributed by atoms with Crippen molar-refractivity contribution >= 4 is 57.1 Å². The molecule has 11 nitrogen and oxygen atoms in total. The van der Waals surface area contributed by atoms with E-state index in [9.17, 15) is 34.2 Å². The molecular formula is C41H51BrN4O7. The average Bonchev–Trinajstić information content (AvgIpc) is 3.39. The second kappa shape index (κ2) is 13.7. The van der Waals surface area contributed by atoms with Gasteiger partial charge in [-0.15, -0.1) is 0 Å². The number of hydrogen-bond donors (Lipinski definition) is 4. The van der Waals surface area contributed by atoms with Crippen LogP contribution in [0.4, 0.5) is 5.69 Å². The molecule has 2 bridgehead atoms. The summed E-state index contributed by atoms with van der Waals surface area (Å²) in [6.07, 6.45) is 13.0. The Bertz CT molecular complexity index is 1790. The minimum Gasteiger partial charge on any atom is -0.393 e. The van der Waals surface area contributed by atoms with E-state index in [0.29, 0.717) is 19.4 Å². The number of anilines is 1. The molecule has 0 spiro atoms. The molecule has 0 radical (unpaired) electrons. The Kier molecular flexibility index (Phi) is 9.76. The first-order chi connectivity index (χ1) is 25.1. The van der Waals surface area contributed by atoms with Crippen molar-refractivity contribution in [3.05, 3.63) is 53.6 Å². The molecule has 1 aromatic carbocycles. The van der Waals surface area contributed by atoms with Crippen LogP contribution in [0.5, 0.6) is 0 Å². The van der Waals surface area contributed by atoms with Crippen molar-refractivity contribution < 1.29 is 34.2 Å². The van der Waals surface area contributed by atoms with Crippen molar-refractivity contribution in [3.8, 4) is 0 Å². The first-order valence-electron chi connectivity index (χ1n) is 18.9. The minimum atomic E-state index is -0.812. The number of aliphatic imine (C=N–C) groups is 1. The van der Waals surface area contributed by atoms with E-state index in [-0.39, 0.29) is 63.5 Å². The van der Waals surface area contributed by atoms with Crippen LogP contribution in [0, 0.1) is 39.4 Å². The van der Waals surface area contributed by atoms with Gasteiger partial charge in [-0.05, 0) is 110 Å². The Morgan fingerprint density at radius 2 is 1.81 bits per heavy atom. The number of alkyl halides is 1. The van der Waals surface area contributed by atoms with Crippen molar-refractivity contribution in [2.45, 2.75) is 83.3 Å². The summed E-state index contributed by atoms with van der Waals surface area (Å²) >= 11 is 3.01. The van der Waals surface area contributed by atoms with Crippen LogP contribution in [0.25, 0.3) is 0 Å². The number of carbonyl (C=O) groups is 5. The maximum absolute atomic E-state index is 14.0. The number of carbonyl (C=O) groups excluding carboxylic acids is 5. The van der Waals surface area contributed by atoms with E-state index in [1.807, 2.05) is 13.1 Å². The molecular weight excluding hydrogens is 740 g/mol. The van der Waals surface area contributed by atoms with Gasteiger partial charge in [-0.1, -0.05) is 53.6 Å². The van der Waals surface area contributed by atoms with Crippen molar-refractivity contribution in [2.75, 3.05) is 37.0 Å². The molecule has 0 aliphatic heterocycles. The van der Waals surface area contributed by atoms with Crippen molar-refractivity contribution in [1.82, 2.24) is 10.6 Å². The van der Waals surface area contributed by atoms with Gasteiger partial charge in [0.2, 0.25) is 5.91 Å². The number of benzene rings is 1. The first-order valence-corrected chi connectivity index (χ1v) is 20.0. The fourth-order valence-corrected chi connectivity index (χ4v) is 12.4. The molecule has 284 valence electrons. The van der Waals surface area contributed by atoms with E-state index in [0.717, 1.165) is 62.4 Å². The molecule has 0 heterocycles. The number of rotatable bonds is 12.